The molecular formula is C126H208F3N9O11S. The van der Waals surface area contributed by atoms with Crippen molar-refractivity contribution in [2.45, 2.75) is 328 Å². The Hall–Kier alpha value is -11.8. The molecule has 5 atom stereocenters. The second-order valence-electron chi connectivity index (χ2n) is 38.5. The van der Waals surface area contributed by atoms with Gasteiger partial charge in [-0.3, -0.25) is 43.2 Å². The first-order valence-electron chi connectivity index (χ1n) is 49.2. The van der Waals surface area contributed by atoms with Gasteiger partial charge in [-0.25, -0.2) is 13.2 Å². The molecule has 0 bridgehead atoms. The summed E-state index contributed by atoms with van der Waals surface area (Å²) >= 11 is 1.73. The Balaban J connectivity index is -0.000000182. The molecule has 0 unspecified atom stereocenters. The van der Waals surface area contributed by atoms with Crippen LogP contribution in [0.4, 0.5) is 13.2 Å². The number of ether oxygens (including phenoxy) is 2. The SMILES string of the molecule is C.C.C.C.C.C.C.C.C.C.CC(C)C(=O)NC(C)(C)Cc1ccc(F)cc1.CC(C)C(=O)NCCc1cccs1.CC(C)C(=O)NC[C@@H](C)c1ccccc1.CC(C)C(=O)NC[C@H](C)c1ccccc1.CC(C)C(=O)N[C@@H](C)Cc1ccc(F)cc1.CC(C)C(=O)N[C@H](C)Cc1ccc(F)cc1.COC[C@H](Cc1ccccc1)NC(=O)C(C)C.COc1ccc(CCNC(=O)C(C)C)cc1.Cc1ccc(CCNC(=O)C(C)C)cc1. The molecule has 0 aliphatic rings. The second kappa shape index (κ2) is 90.0. The van der Waals surface area contributed by atoms with Crippen LogP contribution in [0, 0.1) is 77.6 Å². The maximum absolute atomic E-state index is 12.8. The van der Waals surface area contributed by atoms with Gasteiger partial charge in [0.05, 0.1) is 19.8 Å². The zero-order valence-electron chi connectivity index (χ0n) is 88.7. The van der Waals surface area contributed by atoms with Gasteiger partial charge < -0.3 is 57.3 Å². The zero-order valence-corrected chi connectivity index (χ0v) is 89.6. The molecule has 0 aliphatic carbocycles. The average Bonchev–Trinajstić information content (AvgIpc) is 0.984. The van der Waals surface area contributed by atoms with Gasteiger partial charge in [0.1, 0.15) is 23.2 Å². The first kappa shape index (κ1) is 158. The number of carbonyl (C=O) groups excluding carboxylic acids is 9. The summed E-state index contributed by atoms with van der Waals surface area (Å²) in [5, 5.41) is 28.4. The lowest BCUT2D eigenvalue weighted by atomic mass is 9.94. The number of amides is 9. The topological polar surface area (TPSA) is 280 Å². The molecule has 9 amide bonds. The predicted octanol–water partition coefficient (Wildman–Crippen LogP) is 27.9. The Bertz CT molecular complexity index is 4740. The van der Waals surface area contributed by atoms with Crippen LogP contribution in [-0.2, 0) is 92.8 Å². The molecule has 9 N–H and O–H groups in total. The van der Waals surface area contributed by atoms with Crippen LogP contribution in [-0.4, -0.2) is 130 Å². The van der Waals surface area contributed by atoms with E-state index in [9.17, 15) is 56.3 Å². The van der Waals surface area contributed by atoms with Crippen molar-refractivity contribution in [1.29, 1.82) is 0 Å². The Kier molecular flexibility index (Phi) is 95.0. The number of hydrogen-bond donors (Lipinski definition) is 9. The van der Waals surface area contributed by atoms with Crippen LogP contribution in [0.3, 0.4) is 0 Å². The molecule has 9 rings (SSSR count). The maximum atomic E-state index is 12.8. The van der Waals surface area contributed by atoms with Crippen molar-refractivity contribution in [1.82, 2.24) is 47.9 Å². The highest BCUT2D eigenvalue weighted by molar-refractivity contribution is 7.09. The molecule has 150 heavy (non-hydrogen) atoms. The van der Waals surface area contributed by atoms with Crippen molar-refractivity contribution in [2.24, 2.45) is 53.3 Å². The van der Waals surface area contributed by atoms with Crippen molar-refractivity contribution in [2.75, 3.05) is 53.6 Å². The molecule has 9 aromatic rings. The number of aryl methyl sites for hydroxylation is 1. The fourth-order valence-electron chi connectivity index (χ4n) is 12.4. The molecule has 1 aromatic heterocycles. The van der Waals surface area contributed by atoms with Crippen molar-refractivity contribution in [3.63, 3.8) is 0 Å². The van der Waals surface area contributed by atoms with Crippen LogP contribution in [0.5, 0.6) is 5.75 Å². The van der Waals surface area contributed by atoms with E-state index < -0.39 is 0 Å². The van der Waals surface area contributed by atoms with Crippen molar-refractivity contribution >= 4 is 64.5 Å². The van der Waals surface area contributed by atoms with Crippen LogP contribution in [0.1, 0.15) is 307 Å². The molecule has 1 heterocycles. The van der Waals surface area contributed by atoms with Gasteiger partial charge in [-0.1, -0.05) is 388 Å². The molecule has 24 heteroatoms. The third-order valence-corrected chi connectivity index (χ3v) is 22.3. The molecular weight excluding hydrogens is 1900 g/mol. The number of methoxy groups -OCH3 is 2. The van der Waals surface area contributed by atoms with Gasteiger partial charge in [0.2, 0.25) is 53.2 Å². The summed E-state index contributed by atoms with van der Waals surface area (Å²) < 4.78 is 48.3. The highest BCUT2D eigenvalue weighted by Crippen LogP contribution is 2.20. The molecule has 0 aliphatic heterocycles. The minimum absolute atomic E-state index is 0. The Morgan fingerprint density at radius 1 is 0.307 bits per heavy atom. The molecule has 8 aromatic carbocycles. The smallest absolute Gasteiger partial charge is 0.222 e. The molecule has 0 radical (unpaired) electrons. The Labute approximate surface area is 915 Å². The summed E-state index contributed by atoms with van der Waals surface area (Å²) in [6, 6.07) is 70.3. The number of rotatable bonds is 39. The number of nitrogens with one attached hydrogen (secondary N) is 9. The van der Waals surface area contributed by atoms with Crippen LogP contribution < -0.4 is 52.6 Å². The minimum Gasteiger partial charge on any atom is -0.497 e. The van der Waals surface area contributed by atoms with Gasteiger partial charge in [0.15, 0.2) is 0 Å². The number of hydrogen-bond acceptors (Lipinski definition) is 12. The highest BCUT2D eigenvalue weighted by Gasteiger charge is 2.24. The highest BCUT2D eigenvalue weighted by atomic mass is 32.1. The quantitative estimate of drug-likeness (QED) is 0.0175. The molecule has 0 saturated heterocycles. The summed E-state index contributed by atoms with van der Waals surface area (Å²) in [7, 11) is 3.30. The summed E-state index contributed by atoms with van der Waals surface area (Å²) in [5.74, 6) is 2.02. The largest absolute Gasteiger partial charge is 0.497 e. The lowest BCUT2D eigenvalue weighted by molar-refractivity contribution is -0.126. The third-order valence-electron chi connectivity index (χ3n) is 21.3. The van der Waals surface area contributed by atoms with Gasteiger partial charge >= 0.3 is 0 Å². The summed E-state index contributed by atoms with van der Waals surface area (Å²) in [6.45, 7) is 52.2. The molecule has 0 spiro atoms. The summed E-state index contributed by atoms with van der Waals surface area (Å²) in [5.41, 5.74) is 10.2. The monoisotopic (exact) mass is 2110 g/mol. The van der Waals surface area contributed by atoms with Crippen molar-refractivity contribution in [3.05, 3.63) is 302 Å². The maximum Gasteiger partial charge on any atom is 0.222 e. The normalized spacial score (nSPS) is 11.0. The number of benzene rings is 8. The van der Waals surface area contributed by atoms with Gasteiger partial charge in [-0.2, -0.15) is 0 Å². The molecule has 20 nitrogen and oxygen atoms in total. The van der Waals surface area contributed by atoms with Gasteiger partial charge in [-0.15, -0.1) is 11.3 Å². The van der Waals surface area contributed by atoms with Crippen LogP contribution >= 0.6 is 11.3 Å². The van der Waals surface area contributed by atoms with Gasteiger partial charge in [-0.05, 0) is 196 Å². The Morgan fingerprint density at radius 3 is 0.900 bits per heavy atom. The molecule has 850 valence electrons. The second-order valence-corrected chi connectivity index (χ2v) is 39.6. The average molecular weight is 2110 g/mol. The standard InChI is InChI=1S/C14H20FNO.C14H21NO2.2C13H18FNO.C13H19NO2.3C13H19NO.C10H15NOS.10CH4/c1-10(2)13(17)16-14(3,4)9-11-5-7-12(15)8-6-11;1-11(2)14(16)15-13(10-17-3)9-12-7-5-4-6-8-12;2*1-9(2)13(16)15-10(3)8-11-4-6-12(14)7-5-11;1-10(2)13(15)14-9-8-11-4-6-12(16-3)7-5-11;1-10(2)13(15)14-9-8-12-6-4-11(3)5-7-12;2*1-10(2)13(15)14-9-11(3)12-7-5-4-6-8-12;1-8(2)10(12)11-6-5-9-4-3-7-13-9;;;;;;;;;;/h5-8,10H,9H2,1-4H3,(H,16,17);4-8,11,13H,9-10H2,1-3H3,(H,15,16);2*4-7,9-10H,8H2,1-3H3,(H,15,16);4-7,10H,8-9H2,1-3H3,(H,14,15);4-7,10H,8-9H2,1-3H3,(H,14,15);2*4-8,10-11H,9H2,1-3H3,(H,14,15);3-4,7-8H,5-6H2,1-2H3,(H,11,12);10*1H4/t;13-;2*10-;;;2*11-;;;;;;;;;;;/m.010..10.........../s1. The summed E-state index contributed by atoms with van der Waals surface area (Å²) in [6.07, 6.45) is 5.62. The fraction of sp³-hybridized carbons (Fsp3) is 0.516. The first-order valence-corrected chi connectivity index (χ1v) is 50.1. The number of carbonyl (C=O) groups is 9. The lowest BCUT2D eigenvalue weighted by Crippen LogP contribution is -2.46. The molecule has 0 fully saturated rings. The Morgan fingerprint density at radius 2 is 0.593 bits per heavy atom. The van der Waals surface area contributed by atoms with Gasteiger partial charge in [0.25, 0.3) is 0 Å². The van der Waals surface area contributed by atoms with Gasteiger partial charge in [0, 0.05) is 116 Å². The van der Waals surface area contributed by atoms with Crippen molar-refractivity contribution in [3.8, 4) is 5.75 Å². The van der Waals surface area contributed by atoms with E-state index in [1.54, 1.807) is 62.0 Å². The van der Waals surface area contributed by atoms with E-state index in [1.165, 1.54) is 74.7 Å². The predicted molar refractivity (Wildman–Crippen MR) is 637 cm³/mol. The molecule has 0 saturated carbocycles. The fourth-order valence-corrected chi connectivity index (χ4v) is 13.1. The van der Waals surface area contributed by atoms with Crippen LogP contribution in [0.25, 0.3) is 0 Å². The van der Waals surface area contributed by atoms with E-state index in [2.05, 4.69) is 141 Å². The van der Waals surface area contributed by atoms with E-state index in [0.29, 0.717) is 44.5 Å². The lowest BCUT2D eigenvalue weighted by Gasteiger charge is -2.27. The minimum atomic E-state index is -0.320. The number of thiophene rings is 1. The van der Waals surface area contributed by atoms with E-state index in [4.69, 9.17) is 9.47 Å². The van der Waals surface area contributed by atoms with E-state index in [-0.39, 0.29) is 222 Å². The van der Waals surface area contributed by atoms with E-state index in [0.717, 1.165) is 74.1 Å². The van der Waals surface area contributed by atoms with Crippen LogP contribution in [0.15, 0.2) is 230 Å². The van der Waals surface area contributed by atoms with E-state index in [1.807, 2.05) is 237 Å². The number of halogens is 3. The summed E-state index contributed by atoms with van der Waals surface area (Å²) in [4.78, 5) is 104. The third kappa shape index (κ3) is 76.7. The van der Waals surface area contributed by atoms with Crippen molar-refractivity contribution < 1.29 is 65.8 Å². The van der Waals surface area contributed by atoms with Crippen LogP contribution in [0.2, 0.25) is 0 Å². The first-order chi connectivity index (χ1) is 66.0. The zero-order chi connectivity index (χ0) is 105. The van der Waals surface area contributed by atoms with E-state index >= 15 is 0 Å².